The van der Waals surface area contributed by atoms with Gasteiger partial charge in [0, 0.05) is 11.3 Å². The van der Waals surface area contributed by atoms with E-state index in [1.165, 1.54) is 17.4 Å². The number of nitro groups is 1. The minimum atomic E-state index is -0.528. The normalized spacial score (nSPS) is 10.7. The molecule has 0 unspecified atom stereocenters. The van der Waals surface area contributed by atoms with Crippen molar-refractivity contribution in [3.05, 3.63) is 62.6 Å². The molecule has 2 aromatic carbocycles. The Morgan fingerprint density at radius 2 is 2.04 bits per heavy atom. The second-order valence-corrected chi connectivity index (χ2v) is 6.33. The van der Waals surface area contributed by atoms with Crippen molar-refractivity contribution in [2.45, 2.75) is 13.8 Å². The Morgan fingerprint density at radius 3 is 2.78 bits per heavy atom. The van der Waals surface area contributed by atoms with Crippen molar-refractivity contribution in [3.8, 4) is 0 Å². The Labute approximate surface area is 135 Å². The van der Waals surface area contributed by atoms with E-state index in [-0.39, 0.29) is 11.3 Å². The van der Waals surface area contributed by atoms with Gasteiger partial charge in [-0.1, -0.05) is 12.1 Å². The molecule has 0 atom stereocenters. The molecule has 0 saturated carbocycles. The van der Waals surface area contributed by atoms with Gasteiger partial charge in [0.05, 0.1) is 20.1 Å². The lowest BCUT2D eigenvalue weighted by atomic mass is 10.1. The van der Waals surface area contributed by atoms with Gasteiger partial charge < -0.3 is 5.32 Å². The van der Waals surface area contributed by atoms with Crippen molar-refractivity contribution >= 4 is 38.8 Å². The zero-order valence-corrected chi connectivity index (χ0v) is 13.3. The van der Waals surface area contributed by atoms with Gasteiger partial charge in [0.2, 0.25) is 0 Å². The fourth-order valence-electron chi connectivity index (χ4n) is 2.40. The number of rotatable bonds is 3. The number of anilines is 1. The molecule has 3 rings (SSSR count). The molecule has 116 valence electrons. The van der Waals surface area contributed by atoms with Crippen LogP contribution >= 0.6 is 11.3 Å². The summed E-state index contributed by atoms with van der Waals surface area (Å²) in [5.41, 5.74) is 1.79. The summed E-state index contributed by atoms with van der Waals surface area (Å²) < 4.78 is 0.957. The first kappa shape index (κ1) is 15.1. The molecule has 0 aliphatic heterocycles. The highest BCUT2D eigenvalue weighted by molar-refractivity contribution is 7.18. The van der Waals surface area contributed by atoms with Crippen LogP contribution in [-0.4, -0.2) is 15.8 Å². The first-order valence-corrected chi connectivity index (χ1v) is 7.70. The highest BCUT2D eigenvalue weighted by Crippen LogP contribution is 2.27. The first-order valence-electron chi connectivity index (χ1n) is 6.88. The number of amides is 1. The van der Waals surface area contributed by atoms with E-state index in [9.17, 15) is 14.9 Å². The van der Waals surface area contributed by atoms with Gasteiger partial charge in [0.15, 0.2) is 0 Å². The number of carbonyl (C=O) groups excluding carboxylic acids is 1. The maximum absolute atomic E-state index is 12.4. The highest BCUT2D eigenvalue weighted by atomic mass is 32.1. The van der Waals surface area contributed by atoms with Crippen LogP contribution in [0.5, 0.6) is 0 Å². The van der Waals surface area contributed by atoms with E-state index in [1.807, 2.05) is 19.1 Å². The maximum Gasteiger partial charge on any atom is 0.285 e. The van der Waals surface area contributed by atoms with Crippen molar-refractivity contribution in [1.29, 1.82) is 0 Å². The molecule has 1 heterocycles. The smallest absolute Gasteiger partial charge is 0.285 e. The van der Waals surface area contributed by atoms with Crippen molar-refractivity contribution in [2.75, 3.05) is 5.32 Å². The maximum atomic E-state index is 12.4. The van der Waals surface area contributed by atoms with Crippen LogP contribution in [0.2, 0.25) is 0 Å². The molecule has 1 N–H and O–H groups in total. The Kier molecular flexibility index (Phi) is 3.79. The van der Waals surface area contributed by atoms with E-state index < -0.39 is 10.8 Å². The van der Waals surface area contributed by atoms with E-state index in [4.69, 9.17) is 0 Å². The summed E-state index contributed by atoms with van der Waals surface area (Å²) in [6, 6.07) is 10.1. The monoisotopic (exact) mass is 327 g/mol. The Morgan fingerprint density at radius 1 is 1.26 bits per heavy atom. The van der Waals surface area contributed by atoms with Crippen LogP contribution in [0.4, 0.5) is 11.4 Å². The number of nitro benzene ring substituents is 1. The topological polar surface area (TPSA) is 85.1 Å². The molecule has 23 heavy (non-hydrogen) atoms. The molecular formula is C16H13N3O3S. The van der Waals surface area contributed by atoms with Crippen LogP contribution in [0.25, 0.3) is 10.2 Å². The number of hydrogen-bond donors (Lipinski definition) is 1. The predicted molar refractivity (Wildman–Crippen MR) is 90.1 cm³/mol. The molecule has 0 radical (unpaired) electrons. The number of thiazole rings is 1. The molecule has 0 aliphatic rings. The highest BCUT2D eigenvalue weighted by Gasteiger charge is 2.22. The minimum absolute atomic E-state index is 0.0515. The van der Waals surface area contributed by atoms with Gasteiger partial charge >= 0.3 is 0 Å². The van der Waals surface area contributed by atoms with E-state index in [1.54, 1.807) is 25.1 Å². The predicted octanol–water partition coefficient (Wildman–Crippen LogP) is 4.07. The molecule has 0 fully saturated rings. The third-order valence-electron chi connectivity index (χ3n) is 3.42. The molecule has 0 aliphatic carbocycles. The van der Waals surface area contributed by atoms with Crippen molar-refractivity contribution in [2.24, 2.45) is 0 Å². The molecular weight excluding hydrogens is 314 g/mol. The molecule has 1 amide bonds. The van der Waals surface area contributed by atoms with E-state index in [2.05, 4.69) is 10.3 Å². The van der Waals surface area contributed by atoms with E-state index >= 15 is 0 Å². The summed E-state index contributed by atoms with van der Waals surface area (Å²) in [6.45, 7) is 3.53. The SMILES string of the molecule is Cc1nc2ccc(NC(=O)c3cccc(C)c3[N+](=O)[O-])cc2s1. The van der Waals surface area contributed by atoms with Crippen molar-refractivity contribution < 1.29 is 9.72 Å². The Bertz CT molecular complexity index is 933. The summed E-state index contributed by atoms with van der Waals surface area (Å²) in [6.07, 6.45) is 0. The number of para-hydroxylation sites is 1. The summed E-state index contributed by atoms with van der Waals surface area (Å²) in [4.78, 5) is 27.4. The molecule has 0 bridgehead atoms. The number of benzene rings is 2. The number of nitrogens with one attached hydrogen (secondary N) is 1. The molecule has 3 aromatic rings. The number of aryl methyl sites for hydroxylation is 2. The fraction of sp³-hybridized carbons (Fsp3) is 0.125. The van der Waals surface area contributed by atoms with Crippen LogP contribution in [0, 0.1) is 24.0 Å². The van der Waals surface area contributed by atoms with Gasteiger partial charge in [-0.3, -0.25) is 14.9 Å². The third kappa shape index (κ3) is 2.91. The van der Waals surface area contributed by atoms with E-state index in [0.29, 0.717) is 11.3 Å². The number of carbonyl (C=O) groups is 1. The lowest BCUT2D eigenvalue weighted by Gasteiger charge is -2.07. The third-order valence-corrected chi connectivity index (χ3v) is 4.35. The summed E-state index contributed by atoms with van der Waals surface area (Å²) in [5, 5.41) is 14.9. The zero-order valence-electron chi connectivity index (χ0n) is 12.5. The average Bonchev–Trinajstić information content (AvgIpc) is 2.85. The van der Waals surface area contributed by atoms with Gasteiger partial charge in [-0.15, -0.1) is 11.3 Å². The molecule has 6 nitrogen and oxygen atoms in total. The molecule has 7 heteroatoms. The molecule has 0 saturated heterocycles. The lowest BCUT2D eigenvalue weighted by molar-refractivity contribution is -0.385. The quantitative estimate of drug-likeness (QED) is 0.580. The lowest BCUT2D eigenvalue weighted by Crippen LogP contribution is -2.14. The summed E-state index contributed by atoms with van der Waals surface area (Å²) in [7, 11) is 0. The van der Waals surface area contributed by atoms with Gasteiger partial charge in [0.25, 0.3) is 11.6 Å². The standard InChI is InChI=1S/C16H13N3O3S/c1-9-4-3-5-12(15(9)19(21)22)16(20)18-11-6-7-13-14(8-11)23-10(2)17-13/h3-8H,1-2H3,(H,18,20). The Hall–Kier alpha value is -2.80. The van der Waals surface area contributed by atoms with Crippen LogP contribution in [0.3, 0.4) is 0 Å². The van der Waals surface area contributed by atoms with E-state index in [0.717, 1.165) is 15.2 Å². The second kappa shape index (κ2) is 5.77. The molecule has 1 aromatic heterocycles. The fourth-order valence-corrected chi connectivity index (χ4v) is 3.27. The van der Waals surface area contributed by atoms with Crippen LogP contribution in [-0.2, 0) is 0 Å². The average molecular weight is 327 g/mol. The largest absolute Gasteiger partial charge is 0.322 e. The number of aromatic nitrogens is 1. The van der Waals surface area contributed by atoms with Gasteiger partial charge in [-0.25, -0.2) is 4.98 Å². The zero-order chi connectivity index (χ0) is 16.6. The summed E-state index contributed by atoms with van der Waals surface area (Å²) in [5.74, 6) is -0.499. The summed E-state index contributed by atoms with van der Waals surface area (Å²) >= 11 is 1.53. The minimum Gasteiger partial charge on any atom is -0.322 e. The Balaban J connectivity index is 1.94. The van der Waals surface area contributed by atoms with Gasteiger partial charge in [-0.05, 0) is 38.1 Å². The van der Waals surface area contributed by atoms with Crippen molar-refractivity contribution in [3.63, 3.8) is 0 Å². The molecule has 0 spiro atoms. The van der Waals surface area contributed by atoms with Crippen LogP contribution in [0.15, 0.2) is 36.4 Å². The van der Waals surface area contributed by atoms with Crippen LogP contribution in [0.1, 0.15) is 20.9 Å². The second-order valence-electron chi connectivity index (χ2n) is 5.10. The number of hydrogen-bond acceptors (Lipinski definition) is 5. The van der Waals surface area contributed by atoms with Crippen molar-refractivity contribution in [1.82, 2.24) is 4.98 Å². The number of fused-ring (bicyclic) bond motifs is 1. The van der Waals surface area contributed by atoms with Gasteiger partial charge in [-0.2, -0.15) is 0 Å². The first-order chi connectivity index (χ1) is 11.0. The number of nitrogens with zero attached hydrogens (tertiary/aromatic N) is 2. The van der Waals surface area contributed by atoms with Crippen LogP contribution < -0.4 is 5.32 Å². The van der Waals surface area contributed by atoms with Gasteiger partial charge in [0.1, 0.15) is 5.56 Å².